The van der Waals surface area contributed by atoms with E-state index < -0.39 is 6.04 Å². The summed E-state index contributed by atoms with van der Waals surface area (Å²) in [6, 6.07) is 12.2. The minimum Gasteiger partial charge on any atom is -0.486 e. The number of carbonyl (C=O) groups is 3. The Morgan fingerprint density at radius 3 is 2.77 bits per heavy atom. The van der Waals surface area contributed by atoms with Crippen molar-refractivity contribution in [1.29, 1.82) is 0 Å². The van der Waals surface area contributed by atoms with E-state index in [2.05, 4.69) is 10.6 Å². The Hall–Kier alpha value is -3.20. The number of ether oxygens (including phenoxy) is 2. The highest BCUT2D eigenvalue weighted by Gasteiger charge is 2.48. The third-order valence-corrected chi connectivity index (χ3v) is 6.78. The van der Waals surface area contributed by atoms with Crippen LogP contribution in [0.15, 0.2) is 42.5 Å². The molecular weight excluding hydrogens is 418 g/mol. The van der Waals surface area contributed by atoms with Gasteiger partial charge in [-0.1, -0.05) is 18.2 Å². The van der Waals surface area contributed by atoms with E-state index in [1.165, 1.54) is 0 Å². The van der Waals surface area contributed by atoms with Crippen molar-refractivity contribution < 1.29 is 23.9 Å². The zero-order valence-electron chi connectivity index (χ0n) is 16.6. The Balaban J connectivity index is 1.13. The molecule has 5 rings (SSSR count). The molecule has 3 aliphatic rings. The first-order valence-corrected chi connectivity index (χ1v) is 11.2. The summed E-state index contributed by atoms with van der Waals surface area (Å²) in [7, 11) is 0. The molecule has 0 aliphatic carbocycles. The van der Waals surface area contributed by atoms with Crippen molar-refractivity contribution in [2.45, 2.75) is 17.8 Å². The van der Waals surface area contributed by atoms with Gasteiger partial charge < -0.3 is 25.0 Å². The highest BCUT2D eigenvalue weighted by molar-refractivity contribution is 7.99. The lowest BCUT2D eigenvalue weighted by molar-refractivity contribution is -0.124. The van der Waals surface area contributed by atoms with Gasteiger partial charge >= 0.3 is 0 Å². The number of amides is 3. The molecule has 8 nitrogen and oxygen atoms in total. The normalized spacial score (nSPS) is 20.8. The molecule has 2 aromatic rings. The molecule has 3 heterocycles. The molecule has 0 unspecified atom stereocenters. The molecule has 1 saturated heterocycles. The maximum atomic E-state index is 12.7. The van der Waals surface area contributed by atoms with Crippen LogP contribution < -0.4 is 20.1 Å². The largest absolute Gasteiger partial charge is 0.486 e. The van der Waals surface area contributed by atoms with E-state index in [9.17, 15) is 14.4 Å². The van der Waals surface area contributed by atoms with Gasteiger partial charge in [-0.3, -0.25) is 14.4 Å². The molecule has 0 saturated carbocycles. The monoisotopic (exact) mass is 439 g/mol. The lowest BCUT2D eigenvalue weighted by Crippen LogP contribution is -2.46. The number of benzene rings is 2. The zero-order valence-corrected chi connectivity index (χ0v) is 17.4. The van der Waals surface area contributed by atoms with E-state index in [-0.39, 0.29) is 36.1 Å². The Labute approximate surface area is 183 Å². The van der Waals surface area contributed by atoms with E-state index in [4.69, 9.17) is 9.47 Å². The van der Waals surface area contributed by atoms with Crippen LogP contribution >= 0.6 is 11.8 Å². The maximum Gasteiger partial charge on any atom is 0.256 e. The standard InChI is InChI=1S/C22H21N3O5S/c26-19(24-13-5-6-17-18(11-13)30-10-9-29-17)7-8-23-20(27)16-12-31-22-15-4-2-1-3-14(15)21(28)25(16)22/h1-6,11,16,22H,7-10,12H2,(H,23,27)(H,24,26)/t16-,22-/m0/s1. The van der Waals surface area contributed by atoms with Crippen molar-refractivity contribution in [3.63, 3.8) is 0 Å². The van der Waals surface area contributed by atoms with Gasteiger partial charge in [-0.2, -0.15) is 0 Å². The third kappa shape index (κ3) is 3.69. The van der Waals surface area contributed by atoms with Gasteiger partial charge in [0.05, 0.1) is 0 Å². The predicted octanol–water partition coefficient (Wildman–Crippen LogP) is 2.17. The Kier molecular flexibility index (Phi) is 5.19. The summed E-state index contributed by atoms with van der Waals surface area (Å²) in [5.74, 6) is 1.23. The van der Waals surface area contributed by atoms with Crippen molar-refractivity contribution in [3.05, 3.63) is 53.6 Å². The van der Waals surface area contributed by atoms with Crippen LogP contribution in [0.25, 0.3) is 0 Å². The molecular formula is C22H21N3O5S. The second-order valence-electron chi connectivity index (χ2n) is 7.45. The summed E-state index contributed by atoms with van der Waals surface area (Å²) < 4.78 is 11.0. The second kappa shape index (κ2) is 8.14. The lowest BCUT2D eigenvalue weighted by Gasteiger charge is -2.22. The Morgan fingerprint density at radius 2 is 1.90 bits per heavy atom. The first kappa shape index (κ1) is 19.7. The molecule has 2 N–H and O–H groups in total. The number of carbonyl (C=O) groups excluding carboxylic acids is 3. The molecule has 3 aliphatic heterocycles. The van der Waals surface area contributed by atoms with Crippen LogP contribution in [0.5, 0.6) is 11.5 Å². The molecule has 0 bridgehead atoms. The van der Waals surface area contributed by atoms with Crippen LogP contribution in [0.4, 0.5) is 5.69 Å². The van der Waals surface area contributed by atoms with E-state index in [0.717, 1.165) is 5.56 Å². The molecule has 1 fully saturated rings. The fourth-order valence-corrected chi connectivity index (χ4v) is 5.47. The van der Waals surface area contributed by atoms with Gasteiger partial charge in [0.15, 0.2) is 11.5 Å². The average Bonchev–Trinajstić information content (AvgIpc) is 3.34. The first-order valence-electron chi connectivity index (χ1n) is 10.1. The van der Waals surface area contributed by atoms with Crippen LogP contribution in [0.1, 0.15) is 27.7 Å². The van der Waals surface area contributed by atoms with Crippen LogP contribution in [0.2, 0.25) is 0 Å². The van der Waals surface area contributed by atoms with E-state index in [1.807, 2.05) is 18.2 Å². The molecule has 0 radical (unpaired) electrons. The SMILES string of the molecule is O=C(CCNC(=O)[C@@H]1CS[C@H]2c3ccccc3C(=O)N12)Nc1ccc2c(c1)OCCO2. The van der Waals surface area contributed by atoms with Crippen molar-refractivity contribution in [2.75, 3.05) is 30.8 Å². The summed E-state index contributed by atoms with van der Waals surface area (Å²) in [6.45, 7) is 1.17. The van der Waals surface area contributed by atoms with Crippen molar-refractivity contribution in [3.8, 4) is 11.5 Å². The van der Waals surface area contributed by atoms with Gasteiger partial charge in [-0.15, -0.1) is 11.8 Å². The summed E-state index contributed by atoms with van der Waals surface area (Å²) in [6.07, 6.45) is 0.123. The minimum absolute atomic E-state index is 0.109. The number of nitrogens with one attached hydrogen (secondary N) is 2. The van der Waals surface area contributed by atoms with Crippen molar-refractivity contribution in [1.82, 2.24) is 10.2 Å². The maximum absolute atomic E-state index is 12.7. The second-order valence-corrected chi connectivity index (χ2v) is 8.56. The third-order valence-electron chi connectivity index (χ3n) is 5.47. The van der Waals surface area contributed by atoms with Crippen LogP contribution in [-0.4, -0.2) is 54.2 Å². The number of rotatable bonds is 5. The molecule has 2 atom stereocenters. The van der Waals surface area contributed by atoms with E-state index in [0.29, 0.717) is 41.7 Å². The molecule has 0 aromatic heterocycles. The van der Waals surface area contributed by atoms with E-state index in [1.54, 1.807) is 40.9 Å². The van der Waals surface area contributed by atoms with Gasteiger partial charge in [0.1, 0.15) is 24.6 Å². The molecule has 2 aromatic carbocycles. The molecule has 3 amide bonds. The molecule has 160 valence electrons. The summed E-state index contributed by atoms with van der Waals surface area (Å²) >= 11 is 1.59. The first-order chi connectivity index (χ1) is 15.1. The highest BCUT2D eigenvalue weighted by Crippen LogP contribution is 2.48. The summed E-state index contributed by atoms with van der Waals surface area (Å²) in [5.41, 5.74) is 2.24. The number of hydrogen-bond donors (Lipinski definition) is 2. The minimum atomic E-state index is -0.532. The lowest BCUT2D eigenvalue weighted by atomic mass is 10.1. The quantitative estimate of drug-likeness (QED) is 0.741. The van der Waals surface area contributed by atoms with E-state index >= 15 is 0 Å². The molecule has 9 heteroatoms. The average molecular weight is 439 g/mol. The number of thioether (sulfide) groups is 1. The van der Waals surface area contributed by atoms with Crippen LogP contribution in [0.3, 0.4) is 0 Å². The predicted molar refractivity (Wildman–Crippen MR) is 115 cm³/mol. The summed E-state index contributed by atoms with van der Waals surface area (Å²) in [5, 5.41) is 5.48. The highest BCUT2D eigenvalue weighted by atomic mass is 32.2. The topological polar surface area (TPSA) is 97.0 Å². The Bertz CT molecular complexity index is 1060. The van der Waals surface area contributed by atoms with Gasteiger partial charge in [0.25, 0.3) is 5.91 Å². The molecule has 31 heavy (non-hydrogen) atoms. The van der Waals surface area contributed by atoms with Crippen molar-refractivity contribution in [2.24, 2.45) is 0 Å². The molecule has 0 spiro atoms. The zero-order chi connectivity index (χ0) is 21.4. The number of anilines is 1. The smallest absolute Gasteiger partial charge is 0.256 e. The van der Waals surface area contributed by atoms with Gasteiger partial charge in [-0.25, -0.2) is 0 Å². The summed E-state index contributed by atoms with van der Waals surface area (Å²) in [4.78, 5) is 39.4. The number of fused-ring (bicyclic) bond motifs is 4. The van der Waals surface area contributed by atoms with Crippen molar-refractivity contribution >= 4 is 35.2 Å². The fourth-order valence-electron chi connectivity index (χ4n) is 4.00. The Morgan fingerprint density at radius 1 is 1.10 bits per heavy atom. The fraction of sp³-hybridized carbons (Fsp3) is 0.318. The van der Waals surface area contributed by atoms with Gasteiger partial charge in [-0.05, 0) is 23.8 Å². The van der Waals surface area contributed by atoms with Gasteiger partial charge in [0, 0.05) is 36.0 Å². The number of nitrogens with zero attached hydrogens (tertiary/aromatic N) is 1. The number of hydrogen-bond acceptors (Lipinski definition) is 6. The van der Waals surface area contributed by atoms with Gasteiger partial charge in [0.2, 0.25) is 11.8 Å². The van der Waals surface area contributed by atoms with Crippen LogP contribution in [-0.2, 0) is 9.59 Å². The van der Waals surface area contributed by atoms with Crippen LogP contribution in [0, 0.1) is 0 Å².